The Kier molecular flexibility index (Phi) is 4.74. The largest absolute Gasteiger partial charge is 0.319 e. The molecule has 0 heterocycles. The number of carbonyl (C=O) groups excluding carboxylic acids is 1. The predicted octanol–water partition coefficient (Wildman–Crippen LogP) is 5.63. The summed E-state index contributed by atoms with van der Waals surface area (Å²) < 4.78 is 0.881. The Balaban J connectivity index is 2.32. The molecule has 1 amide bonds. The van der Waals surface area contributed by atoms with Crippen LogP contribution in [-0.2, 0) is 0 Å². The van der Waals surface area contributed by atoms with Crippen molar-refractivity contribution in [3.63, 3.8) is 0 Å². The summed E-state index contributed by atoms with van der Waals surface area (Å²) in [5.41, 5.74) is 2.90. The van der Waals surface area contributed by atoms with E-state index in [-0.39, 0.29) is 5.91 Å². The van der Waals surface area contributed by atoms with Gasteiger partial charge >= 0.3 is 0 Å². The number of aryl methyl sites for hydroxylation is 2. The van der Waals surface area contributed by atoms with Gasteiger partial charge in [0.15, 0.2) is 0 Å². The third-order valence-corrected chi connectivity index (χ3v) is 4.61. The summed E-state index contributed by atoms with van der Waals surface area (Å²) >= 11 is 15.7. The number of carbonyl (C=O) groups is 1. The Morgan fingerprint density at radius 1 is 1.10 bits per heavy atom. The van der Waals surface area contributed by atoms with Crippen LogP contribution in [0.2, 0.25) is 10.0 Å². The van der Waals surface area contributed by atoms with Gasteiger partial charge in [-0.15, -0.1) is 0 Å². The second-order valence-electron chi connectivity index (χ2n) is 4.47. The zero-order valence-corrected chi connectivity index (χ0v) is 14.0. The first-order valence-corrected chi connectivity index (χ1v) is 7.47. The van der Waals surface area contributed by atoms with E-state index in [1.165, 1.54) is 0 Å². The molecule has 0 aromatic heterocycles. The number of benzene rings is 2. The molecule has 0 aliphatic carbocycles. The number of hydrogen-bond donors (Lipinski definition) is 1. The molecule has 0 unspecified atom stereocenters. The van der Waals surface area contributed by atoms with Crippen LogP contribution >= 0.6 is 39.1 Å². The highest BCUT2D eigenvalue weighted by atomic mass is 79.9. The highest BCUT2D eigenvalue weighted by Gasteiger charge is 2.13. The molecular weight excluding hydrogens is 361 g/mol. The lowest BCUT2D eigenvalue weighted by Gasteiger charge is -2.11. The topological polar surface area (TPSA) is 29.1 Å². The van der Waals surface area contributed by atoms with Crippen LogP contribution in [0, 0.1) is 13.8 Å². The van der Waals surface area contributed by atoms with Gasteiger partial charge in [0.05, 0.1) is 15.7 Å². The lowest BCUT2D eigenvalue weighted by Crippen LogP contribution is -2.13. The normalized spacial score (nSPS) is 10.4. The minimum Gasteiger partial charge on any atom is -0.319 e. The molecule has 0 fully saturated rings. The molecule has 0 bridgehead atoms. The van der Waals surface area contributed by atoms with E-state index in [2.05, 4.69) is 21.2 Å². The number of halogens is 3. The van der Waals surface area contributed by atoms with Gasteiger partial charge in [0, 0.05) is 10.0 Å². The molecule has 2 nitrogen and oxygen atoms in total. The van der Waals surface area contributed by atoms with Crippen molar-refractivity contribution in [3.8, 4) is 0 Å². The SMILES string of the molecule is Cc1ccc(C(=O)Nc2c(Cl)ccc(C)c2Cl)cc1Br. The van der Waals surface area contributed by atoms with Crippen molar-refractivity contribution in [3.05, 3.63) is 61.5 Å². The molecule has 104 valence electrons. The molecule has 0 saturated heterocycles. The fraction of sp³-hybridized carbons (Fsp3) is 0.133. The van der Waals surface area contributed by atoms with Crippen LogP contribution in [0.1, 0.15) is 21.5 Å². The summed E-state index contributed by atoms with van der Waals surface area (Å²) in [6.07, 6.45) is 0. The minimum absolute atomic E-state index is 0.250. The number of nitrogens with one attached hydrogen (secondary N) is 1. The van der Waals surface area contributed by atoms with Crippen LogP contribution in [0.3, 0.4) is 0 Å². The molecule has 0 radical (unpaired) electrons. The molecule has 5 heteroatoms. The number of amides is 1. The van der Waals surface area contributed by atoms with Crippen LogP contribution in [0.15, 0.2) is 34.8 Å². The van der Waals surface area contributed by atoms with Crippen LogP contribution < -0.4 is 5.32 Å². The zero-order valence-electron chi connectivity index (χ0n) is 10.9. The fourth-order valence-corrected chi connectivity index (χ4v) is 2.53. The molecule has 0 aliphatic heterocycles. The molecule has 2 rings (SSSR count). The molecule has 20 heavy (non-hydrogen) atoms. The summed E-state index contributed by atoms with van der Waals surface area (Å²) in [7, 11) is 0. The molecule has 0 atom stereocenters. The molecular formula is C15H12BrCl2NO. The van der Waals surface area contributed by atoms with Gasteiger partial charge in [-0.3, -0.25) is 4.79 Å². The molecule has 0 saturated carbocycles. The Morgan fingerprint density at radius 3 is 2.40 bits per heavy atom. The van der Waals surface area contributed by atoms with E-state index >= 15 is 0 Å². The van der Waals surface area contributed by atoms with Crippen molar-refractivity contribution in [2.45, 2.75) is 13.8 Å². The van der Waals surface area contributed by atoms with Gasteiger partial charge in [0.25, 0.3) is 5.91 Å². The maximum atomic E-state index is 12.2. The maximum Gasteiger partial charge on any atom is 0.255 e. The first-order chi connectivity index (χ1) is 9.40. The Labute approximate surface area is 136 Å². The number of hydrogen-bond acceptors (Lipinski definition) is 1. The summed E-state index contributed by atoms with van der Waals surface area (Å²) in [6, 6.07) is 8.92. The van der Waals surface area contributed by atoms with Crippen LogP contribution in [0.5, 0.6) is 0 Å². The lowest BCUT2D eigenvalue weighted by molar-refractivity contribution is 0.102. The quantitative estimate of drug-likeness (QED) is 0.727. The lowest BCUT2D eigenvalue weighted by atomic mass is 10.1. The monoisotopic (exact) mass is 371 g/mol. The van der Waals surface area contributed by atoms with Crippen molar-refractivity contribution in [1.82, 2.24) is 0 Å². The van der Waals surface area contributed by atoms with Gasteiger partial charge in [0.2, 0.25) is 0 Å². The summed E-state index contributed by atoms with van der Waals surface area (Å²) in [5, 5.41) is 3.63. The summed E-state index contributed by atoms with van der Waals surface area (Å²) in [6.45, 7) is 3.82. The van der Waals surface area contributed by atoms with E-state index in [1.807, 2.05) is 26.0 Å². The van der Waals surface area contributed by atoms with Gasteiger partial charge in [0.1, 0.15) is 0 Å². The van der Waals surface area contributed by atoms with Crippen LogP contribution in [0.25, 0.3) is 0 Å². The Bertz CT molecular complexity index is 686. The first kappa shape index (κ1) is 15.4. The third-order valence-electron chi connectivity index (χ3n) is 2.96. The minimum atomic E-state index is -0.250. The van der Waals surface area contributed by atoms with E-state index in [9.17, 15) is 4.79 Å². The molecule has 0 aliphatic rings. The number of anilines is 1. The highest BCUT2D eigenvalue weighted by molar-refractivity contribution is 9.10. The van der Waals surface area contributed by atoms with E-state index in [0.29, 0.717) is 21.3 Å². The van der Waals surface area contributed by atoms with Gasteiger partial charge in [-0.1, -0.05) is 51.3 Å². The van der Waals surface area contributed by atoms with Gasteiger partial charge < -0.3 is 5.32 Å². The summed E-state index contributed by atoms with van der Waals surface area (Å²) in [5.74, 6) is -0.250. The molecule has 0 spiro atoms. The third kappa shape index (κ3) is 3.17. The van der Waals surface area contributed by atoms with Gasteiger partial charge in [-0.2, -0.15) is 0 Å². The van der Waals surface area contributed by atoms with Crippen molar-refractivity contribution < 1.29 is 4.79 Å². The molecule has 1 N–H and O–H groups in total. The molecule has 2 aromatic rings. The van der Waals surface area contributed by atoms with E-state index in [0.717, 1.165) is 15.6 Å². The van der Waals surface area contributed by atoms with Crippen molar-refractivity contribution in [2.75, 3.05) is 5.32 Å². The summed E-state index contributed by atoms with van der Waals surface area (Å²) in [4.78, 5) is 12.2. The Hall–Kier alpha value is -1.03. The van der Waals surface area contributed by atoms with Crippen molar-refractivity contribution >= 4 is 50.7 Å². The zero-order chi connectivity index (χ0) is 14.9. The average Bonchev–Trinajstić information content (AvgIpc) is 2.42. The van der Waals surface area contributed by atoms with Gasteiger partial charge in [-0.25, -0.2) is 0 Å². The highest BCUT2D eigenvalue weighted by Crippen LogP contribution is 2.33. The van der Waals surface area contributed by atoms with E-state index in [1.54, 1.807) is 18.2 Å². The fourth-order valence-electron chi connectivity index (χ4n) is 1.69. The van der Waals surface area contributed by atoms with E-state index < -0.39 is 0 Å². The average molecular weight is 373 g/mol. The van der Waals surface area contributed by atoms with Crippen molar-refractivity contribution in [2.24, 2.45) is 0 Å². The van der Waals surface area contributed by atoms with Crippen molar-refractivity contribution in [1.29, 1.82) is 0 Å². The maximum absolute atomic E-state index is 12.2. The standard InChI is InChI=1S/C15H12BrCl2NO/c1-8-3-5-10(7-11(8)16)15(20)19-14-12(17)6-4-9(2)13(14)18/h3-7H,1-2H3,(H,19,20). The second kappa shape index (κ2) is 6.17. The van der Waals surface area contributed by atoms with E-state index in [4.69, 9.17) is 23.2 Å². The number of rotatable bonds is 2. The van der Waals surface area contributed by atoms with Gasteiger partial charge in [-0.05, 0) is 43.2 Å². The smallest absolute Gasteiger partial charge is 0.255 e. The predicted molar refractivity (Wildman–Crippen MR) is 88.0 cm³/mol. The molecule has 2 aromatic carbocycles. The van der Waals surface area contributed by atoms with Crippen LogP contribution in [-0.4, -0.2) is 5.91 Å². The Morgan fingerprint density at radius 2 is 1.75 bits per heavy atom. The second-order valence-corrected chi connectivity index (χ2v) is 6.11. The van der Waals surface area contributed by atoms with Crippen LogP contribution in [0.4, 0.5) is 5.69 Å². The first-order valence-electron chi connectivity index (χ1n) is 5.92.